The Morgan fingerprint density at radius 1 is 1.04 bits per heavy atom. The Labute approximate surface area is 174 Å². The van der Waals surface area contributed by atoms with E-state index in [1.54, 1.807) is 0 Å². The van der Waals surface area contributed by atoms with E-state index in [1.807, 2.05) is 18.2 Å². The number of rotatable bonds is 1. The van der Waals surface area contributed by atoms with Crippen molar-refractivity contribution in [2.24, 2.45) is 34.5 Å². The monoisotopic (exact) mass is 396 g/mol. The van der Waals surface area contributed by atoms with Crippen LogP contribution in [0.2, 0.25) is 5.02 Å². The van der Waals surface area contributed by atoms with Gasteiger partial charge in [0.1, 0.15) is 0 Å². The van der Waals surface area contributed by atoms with Crippen LogP contribution in [0.25, 0.3) is 6.08 Å². The number of fused-ring (bicyclic) bond motifs is 5. The average molecular weight is 397 g/mol. The average Bonchev–Trinajstić information content (AvgIpc) is 2.92. The summed E-state index contributed by atoms with van der Waals surface area (Å²) in [7, 11) is 0. The SMILES string of the molecule is C[C@]12CCCC[C@@H]1CC[C@H]1[C@H]2CC[C@]2(C)C(=O)/C(=C/c3cccc(Cl)c3)C[C@@H]12. The van der Waals surface area contributed by atoms with E-state index in [4.69, 9.17) is 11.6 Å². The lowest BCUT2D eigenvalue weighted by Gasteiger charge is -2.59. The normalized spacial score (nSPS) is 44.1. The van der Waals surface area contributed by atoms with Crippen LogP contribution in [-0.2, 0) is 4.79 Å². The molecule has 0 bridgehead atoms. The second-order valence-electron chi connectivity index (χ2n) is 10.6. The van der Waals surface area contributed by atoms with Crippen molar-refractivity contribution in [3.8, 4) is 0 Å². The van der Waals surface area contributed by atoms with Crippen LogP contribution in [0.3, 0.4) is 0 Å². The largest absolute Gasteiger partial charge is 0.294 e. The Hall–Kier alpha value is -1.08. The molecule has 4 aliphatic rings. The van der Waals surface area contributed by atoms with Gasteiger partial charge in [-0.1, -0.05) is 50.4 Å². The van der Waals surface area contributed by atoms with Crippen LogP contribution in [0, 0.1) is 34.5 Å². The first-order valence-corrected chi connectivity index (χ1v) is 11.8. The molecule has 0 amide bonds. The fourth-order valence-electron chi connectivity index (χ4n) is 7.89. The lowest BCUT2D eigenvalue weighted by Crippen LogP contribution is -2.52. The van der Waals surface area contributed by atoms with E-state index in [1.165, 1.54) is 44.9 Å². The van der Waals surface area contributed by atoms with Crippen LogP contribution >= 0.6 is 11.6 Å². The molecule has 1 nitrogen and oxygen atoms in total. The van der Waals surface area contributed by atoms with E-state index in [9.17, 15) is 4.79 Å². The second kappa shape index (κ2) is 6.73. The van der Waals surface area contributed by atoms with Gasteiger partial charge in [-0.3, -0.25) is 4.79 Å². The summed E-state index contributed by atoms with van der Waals surface area (Å²) in [6, 6.07) is 7.91. The number of allylic oxidation sites excluding steroid dienone is 1. The molecule has 0 radical (unpaired) electrons. The van der Waals surface area contributed by atoms with E-state index in [0.29, 0.717) is 17.1 Å². The molecule has 28 heavy (non-hydrogen) atoms. The number of halogens is 1. The second-order valence-corrected chi connectivity index (χ2v) is 11.1. The van der Waals surface area contributed by atoms with Crippen LogP contribution < -0.4 is 0 Å². The van der Waals surface area contributed by atoms with Crippen molar-refractivity contribution < 1.29 is 4.79 Å². The van der Waals surface area contributed by atoms with Crippen molar-refractivity contribution in [2.45, 2.75) is 71.6 Å². The minimum Gasteiger partial charge on any atom is -0.294 e. The van der Waals surface area contributed by atoms with Gasteiger partial charge in [0, 0.05) is 10.4 Å². The van der Waals surface area contributed by atoms with Gasteiger partial charge in [-0.2, -0.15) is 0 Å². The van der Waals surface area contributed by atoms with Crippen molar-refractivity contribution in [1.82, 2.24) is 0 Å². The zero-order valence-electron chi connectivity index (χ0n) is 17.3. The van der Waals surface area contributed by atoms with Crippen LogP contribution in [0.4, 0.5) is 0 Å². The number of Topliss-reactive ketones (excluding diaryl/α,β-unsaturated/α-hetero) is 1. The van der Waals surface area contributed by atoms with E-state index >= 15 is 0 Å². The van der Waals surface area contributed by atoms with E-state index in [-0.39, 0.29) is 5.41 Å². The molecule has 0 saturated heterocycles. The lowest BCUT2D eigenvalue weighted by atomic mass is 9.45. The van der Waals surface area contributed by atoms with E-state index < -0.39 is 0 Å². The molecule has 0 spiro atoms. The molecule has 4 saturated carbocycles. The van der Waals surface area contributed by atoms with Gasteiger partial charge < -0.3 is 0 Å². The molecule has 6 atom stereocenters. The molecule has 0 aromatic heterocycles. The summed E-state index contributed by atoms with van der Waals surface area (Å²) in [5.74, 6) is 3.48. The summed E-state index contributed by atoms with van der Waals surface area (Å²) < 4.78 is 0. The maximum atomic E-state index is 13.5. The predicted molar refractivity (Wildman–Crippen MR) is 116 cm³/mol. The highest BCUT2D eigenvalue weighted by molar-refractivity contribution is 6.30. The zero-order valence-corrected chi connectivity index (χ0v) is 18.1. The number of carbonyl (C=O) groups excluding carboxylic acids is 1. The van der Waals surface area contributed by atoms with Crippen LogP contribution in [-0.4, -0.2) is 5.78 Å². The summed E-state index contributed by atoms with van der Waals surface area (Å²) in [5, 5.41) is 0.743. The first-order chi connectivity index (χ1) is 13.4. The molecule has 4 fully saturated rings. The van der Waals surface area contributed by atoms with Gasteiger partial charge in [0.25, 0.3) is 0 Å². The van der Waals surface area contributed by atoms with Crippen molar-refractivity contribution in [1.29, 1.82) is 0 Å². The highest BCUT2D eigenvalue weighted by atomic mass is 35.5. The standard InChI is InChI=1S/C26H33ClO/c1-25-12-4-3-7-19(25)9-10-21-22(25)11-13-26(2)23(21)16-18(24(26)28)14-17-6-5-8-20(27)15-17/h5-6,8,14-15,19,21-23H,3-4,7,9-13,16H2,1-2H3/b18-14+/t19-,21+,22-,23+,25+,26+/m1/s1. The Morgan fingerprint density at radius 2 is 1.89 bits per heavy atom. The van der Waals surface area contributed by atoms with Gasteiger partial charge >= 0.3 is 0 Å². The van der Waals surface area contributed by atoms with Crippen molar-refractivity contribution in [3.05, 3.63) is 40.4 Å². The maximum Gasteiger partial charge on any atom is 0.165 e. The lowest BCUT2D eigenvalue weighted by molar-refractivity contribution is -0.137. The fourth-order valence-corrected chi connectivity index (χ4v) is 8.09. The third-order valence-corrected chi connectivity index (χ3v) is 9.65. The van der Waals surface area contributed by atoms with Gasteiger partial charge in [0.2, 0.25) is 0 Å². The molecule has 0 N–H and O–H groups in total. The molecule has 150 valence electrons. The molecular formula is C26H33ClO. The minimum atomic E-state index is -0.135. The van der Waals surface area contributed by atoms with Crippen LogP contribution in [0.15, 0.2) is 29.8 Å². The molecule has 0 heterocycles. The van der Waals surface area contributed by atoms with Crippen molar-refractivity contribution >= 4 is 23.5 Å². The molecule has 5 rings (SSSR count). The highest BCUT2D eigenvalue weighted by Crippen LogP contribution is 2.66. The molecule has 2 heteroatoms. The Kier molecular flexibility index (Phi) is 4.54. The Bertz CT molecular complexity index is 825. The summed E-state index contributed by atoms with van der Waals surface area (Å²) in [4.78, 5) is 13.5. The minimum absolute atomic E-state index is 0.135. The number of hydrogen-bond donors (Lipinski definition) is 0. The number of carbonyl (C=O) groups is 1. The molecule has 0 unspecified atom stereocenters. The van der Waals surface area contributed by atoms with Gasteiger partial charge in [-0.05, 0) is 103 Å². The van der Waals surface area contributed by atoms with Gasteiger partial charge in [0.05, 0.1) is 0 Å². The predicted octanol–water partition coefficient (Wildman–Crippen LogP) is 7.34. The maximum absolute atomic E-state index is 13.5. The first-order valence-electron chi connectivity index (χ1n) is 11.4. The summed E-state index contributed by atoms with van der Waals surface area (Å²) in [6.07, 6.45) is 13.9. The van der Waals surface area contributed by atoms with Crippen molar-refractivity contribution in [2.75, 3.05) is 0 Å². The van der Waals surface area contributed by atoms with Crippen LogP contribution in [0.5, 0.6) is 0 Å². The zero-order chi connectivity index (χ0) is 19.5. The first kappa shape index (κ1) is 18.9. The van der Waals surface area contributed by atoms with Gasteiger partial charge in [-0.25, -0.2) is 0 Å². The summed E-state index contributed by atoms with van der Waals surface area (Å²) >= 11 is 6.17. The van der Waals surface area contributed by atoms with E-state index in [2.05, 4.69) is 26.0 Å². The molecule has 1 aromatic carbocycles. The Morgan fingerprint density at radius 3 is 2.71 bits per heavy atom. The topological polar surface area (TPSA) is 17.1 Å². The smallest absolute Gasteiger partial charge is 0.165 e. The molecule has 1 aromatic rings. The fraction of sp³-hybridized carbons (Fsp3) is 0.654. The van der Waals surface area contributed by atoms with Crippen molar-refractivity contribution in [3.63, 3.8) is 0 Å². The molecule has 4 aliphatic carbocycles. The van der Waals surface area contributed by atoms with Crippen LogP contribution in [0.1, 0.15) is 77.2 Å². The number of hydrogen-bond acceptors (Lipinski definition) is 1. The third-order valence-electron chi connectivity index (χ3n) is 9.41. The molecule has 0 aliphatic heterocycles. The van der Waals surface area contributed by atoms with Gasteiger partial charge in [0.15, 0.2) is 5.78 Å². The highest BCUT2D eigenvalue weighted by Gasteiger charge is 2.60. The number of ketones is 1. The number of benzene rings is 1. The third kappa shape index (κ3) is 2.76. The molecular weight excluding hydrogens is 364 g/mol. The summed E-state index contributed by atoms with van der Waals surface area (Å²) in [5.41, 5.74) is 2.51. The quantitative estimate of drug-likeness (QED) is 0.454. The van der Waals surface area contributed by atoms with E-state index in [0.717, 1.165) is 46.8 Å². The summed E-state index contributed by atoms with van der Waals surface area (Å²) in [6.45, 7) is 4.89. The van der Waals surface area contributed by atoms with Gasteiger partial charge in [-0.15, -0.1) is 0 Å². The Balaban J connectivity index is 1.46.